The monoisotopic (exact) mass is 270 g/mol. The van der Waals surface area contributed by atoms with Gasteiger partial charge in [0.05, 0.1) is 6.21 Å². The Balaban J connectivity index is 2.10. The van der Waals surface area contributed by atoms with Crippen LogP contribution in [0.4, 0.5) is 0 Å². The van der Waals surface area contributed by atoms with Crippen LogP contribution in [-0.2, 0) is 6.54 Å². The number of nitrogens with zero attached hydrogens (tertiary/aromatic N) is 3. The Hall–Kier alpha value is -2.76. The minimum atomic E-state index is -0.530. The molecule has 0 aliphatic carbocycles. The number of pyridine rings is 2. The van der Waals surface area contributed by atoms with E-state index in [9.17, 15) is 9.59 Å². The van der Waals surface area contributed by atoms with Crippen LogP contribution < -0.4 is 11.0 Å². The molecule has 0 spiro atoms. The first-order valence-electron chi connectivity index (χ1n) is 6.15. The lowest BCUT2D eigenvalue weighted by molar-refractivity contribution is 0.0953. The molecule has 0 aliphatic rings. The minimum Gasteiger partial charge on any atom is -0.315 e. The molecule has 0 aromatic carbocycles. The Kier molecular flexibility index (Phi) is 4.39. The fraction of sp³-hybridized carbons (Fsp3) is 0.143. The van der Waals surface area contributed by atoms with Crippen LogP contribution in [-0.4, -0.2) is 21.7 Å². The van der Waals surface area contributed by atoms with E-state index in [0.717, 1.165) is 5.56 Å². The molecule has 0 radical (unpaired) electrons. The highest BCUT2D eigenvalue weighted by atomic mass is 16.2. The van der Waals surface area contributed by atoms with Gasteiger partial charge in [-0.1, -0.05) is 6.07 Å². The number of carbonyl (C=O) groups is 1. The highest BCUT2D eigenvalue weighted by molar-refractivity contribution is 5.94. The molecule has 0 saturated heterocycles. The molecule has 20 heavy (non-hydrogen) atoms. The van der Waals surface area contributed by atoms with Crippen LogP contribution in [0.2, 0.25) is 0 Å². The van der Waals surface area contributed by atoms with Gasteiger partial charge in [0.25, 0.3) is 11.5 Å². The average Bonchev–Trinajstić information content (AvgIpc) is 2.48. The summed E-state index contributed by atoms with van der Waals surface area (Å²) in [6.07, 6.45) is 6.36. The molecule has 0 saturated carbocycles. The van der Waals surface area contributed by atoms with E-state index in [0.29, 0.717) is 6.54 Å². The van der Waals surface area contributed by atoms with Crippen LogP contribution >= 0.6 is 0 Å². The van der Waals surface area contributed by atoms with Crippen molar-refractivity contribution in [3.63, 3.8) is 0 Å². The number of nitrogens with one attached hydrogen (secondary N) is 1. The van der Waals surface area contributed by atoms with E-state index in [2.05, 4.69) is 15.5 Å². The smallest absolute Gasteiger partial charge is 0.276 e. The summed E-state index contributed by atoms with van der Waals surface area (Å²) in [4.78, 5) is 27.7. The third-order valence-corrected chi connectivity index (χ3v) is 2.67. The van der Waals surface area contributed by atoms with Crippen molar-refractivity contribution in [2.45, 2.75) is 13.5 Å². The lowest BCUT2D eigenvalue weighted by Gasteiger charge is -2.03. The summed E-state index contributed by atoms with van der Waals surface area (Å²) in [7, 11) is 0. The van der Waals surface area contributed by atoms with Crippen LogP contribution in [0.5, 0.6) is 0 Å². The zero-order valence-electron chi connectivity index (χ0n) is 11.0. The quantitative estimate of drug-likeness (QED) is 0.666. The van der Waals surface area contributed by atoms with Crippen LogP contribution in [0, 0.1) is 0 Å². The SMILES string of the molecule is CCn1cccc(C(=O)N/N=C\c2cccnc2)c1=O. The van der Waals surface area contributed by atoms with Gasteiger partial charge in [0.1, 0.15) is 5.56 Å². The summed E-state index contributed by atoms with van der Waals surface area (Å²) in [5.41, 5.74) is 2.82. The molecular formula is C14H14N4O2. The van der Waals surface area contributed by atoms with E-state index in [1.807, 2.05) is 6.92 Å². The molecule has 102 valence electrons. The Bertz CT molecular complexity index is 677. The largest absolute Gasteiger partial charge is 0.315 e. The number of amides is 1. The van der Waals surface area contributed by atoms with Crippen LogP contribution in [0.3, 0.4) is 0 Å². The molecule has 0 aliphatic heterocycles. The third-order valence-electron chi connectivity index (χ3n) is 2.67. The maximum absolute atomic E-state index is 11.9. The zero-order chi connectivity index (χ0) is 14.4. The lowest BCUT2D eigenvalue weighted by atomic mass is 10.2. The van der Waals surface area contributed by atoms with E-state index >= 15 is 0 Å². The number of hydrogen-bond donors (Lipinski definition) is 1. The van der Waals surface area contributed by atoms with Gasteiger partial charge in [0.15, 0.2) is 0 Å². The normalized spacial score (nSPS) is 10.7. The molecular weight excluding hydrogens is 256 g/mol. The van der Waals surface area contributed by atoms with Crippen molar-refractivity contribution in [2.75, 3.05) is 0 Å². The Morgan fingerprint density at radius 1 is 1.45 bits per heavy atom. The van der Waals surface area contributed by atoms with Gasteiger partial charge in [-0.3, -0.25) is 14.6 Å². The van der Waals surface area contributed by atoms with Gasteiger partial charge >= 0.3 is 0 Å². The summed E-state index contributed by atoms with van der Waals surface area (Å²) in [6, 6.07) is 6.70. The predicted molar refractivity (Wildman–Crippen MR) is 75.7 cm³/mol. The number of rotatable bonds is 4. The van der Waals surface area contributed by atoms with Gasteiger partial charge in [0, 0.05) is 30.7 Å². The summed E-state index contributed by atoms with van der Waals surface area (Å²) >= 11 is 0. The molecule has 1 amide bonds. The molecule has 0 atom stereocenters. The Morgan fingerprint density at radius 2 is 2.30 bits per heavy atom. The second kappa shape index (κ2) is 6.42. The van der Waals surface area contributed by atoms with E-state index < -0.39 is 5.91 Å². The first-order chi connectivity index (χ1) is 9.72. The molecule has 0 bridgehead atoms. The summed E-state index contributed by atoms with van der Waals surface area (Å²) in [6.45, 7) is 2.35. The third kappa shape index (κ3) is 3.17. The number of hydrazone groups is 1. The second-order valence-electron chi connectivity index (χ2n) is 4.00. The standard InChI is InChI=1S/C14H14N4O2/c1-2-18-8-4-6-12(14(18)20)13(19)17-16-10-11-5-3-7-15-9-11/h3-10H,2H2,1H3,(H,17,19)/b16-10-. The van der Waals surface area contributed by atoms with Gasteiger partial charge < -0.3 is 4.57 Å². The van der Waals surface area contributed by atoms with Crippen molar-refractivity contribution >= 4 is 12.1 Å². The molecule has 2 heterocycles. The Labute approximate surface area is 115 Å². The van der Waals surface area contributed by atoms with E-state index in [4.69, 9.17) is 0 Å². The highest BCUT2D eigenvalue weighted by Crippen LogP contribution is 1.93. The van der Waals surface area contributed by atoms with Crippen LogP contribution in [0.1, 0.15) is 22.8 Å². The molecule has 6 nitrogen and oxygen atoms in total. The van der Waals surface area contributed by atoms with Crippen LogP contribution in [0.25, 0.3) is 0 Å². The van der Waals surface area contributed by atoms with E-state index in [-0.39, 0.29) is 11.1 Å². The van der Waals surface area contributed by atoms with Crippen molar-refractivity contribution in [2.24, 2.45) is 5.10 Å². The molecule has 6 heteroatoms. The number of aromatic nitrogens is 2. The lowest BCUT2D eigenvalue weighted by Crippen LogP contribution is -2.30. The van der Waals surface area contributed by atoms with Crippen molar-refractivity contribution in [1.29, 1.82) is 0 Å². The summed E-state index contributed by atoms with van der Waals surface area (Å²) in [5, 5.41) is 3.80. The maximum Gasteiger partial charge on any atom is 0.276 e. The predicted octanol–water partition coefficient (Wildman–Crippen LogP) is 1.03. The van der Waals surface area contributed by atoms with Crippen molar-refractivity contribution in [3.8, 4) is 0 Å². The molecule has 0 unspecified atom stereocenters. The maximum atomic E-state index is 11.9. The van der Waals surface area contributed by atoms with Crippen molar-refractivity contribution < 1.29 is 4.79 Å². The fourth-order valence-electron chi connectivity index (χ4n) is 1.64. The molecule has 0 fully saturated rings. The second-order valence-corrected chi connectivity index (χ2v) is 4.00. The van der Waals surface area contributed by atoms with Gasteiger partial charge in [-0.05, 0) is 25.1 Å². The van der Waals surface area contributed by atoms with Gasteiger partial charge in [-0.15, -0.1) is 0 Å². The highest BCUT2D eigenvalue weighted by Gasteiger charge is 2.10. The number of carbonyl (C=O) groups excluding carboxylic acids is 1. The zero-order valence-corrected chi connectivity index (χ0v) is 11.0. The topological polar surface area (TPSA) is 76.3 Å². The minimum absolute atomic E-state index is 0.0673. The summed E-state index contributed by atoms with van der Waals surface area (Å²) in [5.74, 6) is -0.530. The fourth-order valence-corrected chi connectivity index (χ4v) is 1.64. The first kappa shape index (κ1) is 13.7. The van der Waals surface area contributed by atoms with E-state index in [1.54, 1.807) is 36.8 Å². The van der Waals surface area contributed by atoms with Gasteiger partial charge in [-0.2, -0.15) is 5.10 Å². The molecule has 2 aromatic rings. The Morgan fingerprint density at radius 3 is 3.00 bits per heavy atom. The molecule has 2 rings (SSSR count). The van der Waals surface area contributed by atoms with Gasteiger partial charge in [-0.25, -0.2) is 5.43 Å². The van der Waals surface area contributed by atoms with Crippen LogP contribution in [0.15, 0.2) is 52.8 Å². The van der Waals surface area contributed by atoms with Crippen molar-refractivity contribution in [1.82, 2.24) is 15.0 Å². The molecule has 1 N–H and O–H groups in total. The summed E-state index contributed by atoms with van der Waals surface area (Å²) < 4.78 is 1.46. The average molecular weight is 270 g/mol. The number of aryl methyl sites for hydroxylation is 1. The first-order valence-corrected chi connectivity index (χ1v) is 6.15. The number of hydrogen-bond acceptors (Lipinski definition) is 4. The van der Waals surface area contributed by atoms with E-state index in [1.165, 1.54) is 16.8 Å². The van der Waals surface area contributed by atoms with Gasteiger partial charge in [0.2, 0.25) is 0 Å². The molecule has 2 aromatic heterocycles. The van der Waals surface area contributed by atoms with Crippen molar-refractivity contribution in [3.05, 3.63) is 64.3 Å².